The molecule has 0 unspecified atom stereocenters. The van der Waals surface area contributed by atoms with Gasteiger partial charge in [-0.25, -0.2) is 13.1 Å². The first-order chi connectivity index (χ1) is 8.99. The van der Waals surface area contributed by atoms with Crippen LogP contribution in [0.15, 0.2) is 62.4 Å². The summed E-state index contributed by atoms with van der Waals surface area (Å²) in [5.41, 5.74) is 0.892. The highest BCUT2D eigenvalue weighted by molar-refractivity contribution is 9.10. The second-order valence-corrected chi connectivity index (χ2v) is 7.41. The summed E-state index contributed by atoms with van der Waals surface area (Å²) in [7, 11) is -3.48. The first-order valence-electron chi connectivity index (χ1n) is 5.48. The minimum Gasteiger partial charge on any atom is -0.207 e. The molecule has 1 N–H and O–H groups in total. The van der Waals surface area contributed by atoms with Crippen molar-refractivity contribution >= 4 is 41.9 Å². The molecule has 0 fully saturated rings. The highest BCUT2D eigenvalue weighted by atomic mass is 79.9. The molecule has 100 valence electrons. The normalized spacial score (nSPS) is 11.5. The van der Waals surface area contributed by atoms with E-state index in [1.54, 1.807) is 24.3 Å². The highest BCUT2D eigenvalue weighted by Crippen LogP contribution is 2.18. The van der Waals surface area contributed by atoms with Crippen LogP contribution in [0.1, 0.15) is 5.56 Å². The maximum absolute atomic E-state index is 12.1. The number of sulfonamides is 1. The molecule has 0 aromatic heterocycles. The van der Waals surface area contributed by atoms with E-state index in [1.165, 1.54) is 0 Å². The maximum atomic E-state index is 12.1. The Balaban J connectivity index is 2.14. The third kappa shape index (κ3) is 3.89. The van der Waals surface area contributed by atoms with Crippen molar-refractivity contribution in [2.45, 2.75) is 11.4 Å². The van der Waals surface area contributed by atoms with Gasteiger partial charge < -0.3 is 0 Å². The van der Waals surface area contributed by atoms with Crippen molar-refractivity contribution in [3.05, 3.63) is 63.0 Å². The standard InChI is InChI=1S/C13H11Br2NO2S/c14-11-5-7-12(8-6-11)19(17,18)16-9-10-3-1-2-4-13(10)15/h1-8,16H,9H2. The van der Waals surface area contributed by atoms with Crippen molar-refractivity contribution in [2.24, 2.45) is 0 Å². The molecule has 0 aliphatic heterocycles. The van der Waals surface area contributed by atoms with Crippen LogP contribution < -0.4 is 4.72 Å². The van der Waals surface area contributed by atoms with Gasteiger partial charge in [0.15, 0.2) is 0 Å². The fraction of sp³-hybridized carbons (Fsp3) is 0.0769. The topological polar surface area (TPSA) is 46.2 Å². The van der Waals surface area contributed by atoms with Gasteiger partial charge in [-0.3, -0.25) is 0 Å². The third-order valence-electron chi connectivity index (χ3n) is 2.53. The van der Waals surface area contributed by atoms with Gasteiger partial charge in [-0.15, -0.1) is 0 Å². The van der Waals surface area contributed by atoms with E-state index in [0.29, 0.717) is 0 Å². The minimum absolute atomic E-state index is 0.250. The van der Waals surface area contributed by atoms with Gasteiger partial charge in [-0.05, 0) is 35.9 Å². The summed E-state index contributed by atoms with van der Waals surface area (Å²) < 4.78 is 28.5. The molecule has 0 radical (unpaired) electrons. The van der Waals surface area contributed by atoms with Crippen molar-refractivity contribution in [1.29, 1.82) is 0 Å². The van der Waals surface area contributed by atoms with Gasteiger partial charge in [0, 0.05) is 15.5 Å². The summed E-state index contributed by atoms with van der Waals surface area (Å²) in [5, 5.41) is 0. The van der Waals surface area contributed by atoms with E-state index in [9.17, 15) is 8.42 Å². The molecule has 2 rings (SSSR count). The number of hydrogen-bond donors (Lipinski definition) is 1. The molecule has 2 aromatic carbocycles. The molecule has 0 saturated heterocycles. The van der Waals surface area contributed by atoms with E-state index in [-0.39, 0.29) is 11.4 Å². The minimum atomic E-state index is -3.48. The van der Waals surface area contributed by atoms with Gasteiger partial charge >= 0.3 is 0 Å². The maximum Gasteiger partial charge on any atom is 0.240 e. The Morgan fingerprint density at radius 1 is 0.947 bits per heavy atom. The van der Waals surface area contributed by atoms with E-state index < -0.39 is 10.0 Å². The first kappa shape index (κ1) is 14.7. The average molecular weight is 405 g/mol. The molecule has 0 amide bonds. The molecule has 0 bridgehead atoms. The van der Waals surface area contributed by atoms with Crippen LogP contribution in [0.25, 0.3) is 0 Å². The van der Waals surface area contributed by atoms with E-state index in [1.807, 2.05) is 24.3 Å². The molecule has 0 heterocycles. The Morgan fingerprint density at radius 3 is 2.21 bits per heavy atom. The fourth-order valence-electron chi connectivity index (χ4n) is 1.51. The SMILES string of the molecule is O=S(=O)(NCc1ccccc1Br)c1ccc(Br)cc1. The van der Waals surface area contributed by atoms with E-state index in [2.05, 4.69) is 36.6 Å². The highest BCUT2D eigenvalue weighted by Gasteiger charge is 2.13. The molecule has 0 aliphatic carbocycles. The summed E-state index contributed by atoms with van der Waals surface area (Å²) in [6.07, 6.45) is 0. The third-order valence-corrected chi connectivity index (χ3v) is 5.25. The van der Waals surface area contributed by atoms with Crippen molar-refractivity contribution in [3.63, 3.8) is 0 Å². The van der Waals surface area contributed by atoms with Gasteiger partial charge in [0.05, 0.1) is 4.90 Å². The van der Waals surface area contributed by atoms with Gasteiger partial charge in [0.25, 0.3) is 0 Å². The van der Waals surface area contributed by atoms with E-state index >= 15 is 0 Å². The van der Waals surface area contributed by atoms with Crippen LogP contribution >= 0.6 is 31.9 Å². The number of nitrogens with one attached hydrogen (secondary N) is 1. The van der Waals surface area contributed by atoms with Gasteiger partial charge in [-0.1, -0.05) is 50.1 Å². The van der Waals surface area contributed by atoms with Crippen molar-refractivity contribution in [2.75, 3.05) is 0 Å². The second kappa shape index (κ2) is 6.17. The molecule has 0 spiro atoms. The smallest absolute Gasteiger partial charge is 0.207 e. The number of hydrogen-bond acceptors (Lipinski definition) is 2. The summed E-state index contributed by atoms with van der Waals surface area (Å²) in [5.74, 6) is 0. The predicted octanol–water partition coefficient (Wildman–Crippen LogP) is 3.69. The molecule has 6 heteroatoms. The molecular formula is C13H11Br2NO2S. The largest absolute Gasteiger partial charge is 0.240 e. The van der Waals surface area contributed by atoms with Crippen molar-refractivity contribution < 1.29 is 8.42 Å². The van der Waals surface area contributed by atoms with E-state index in [0.717, 1.165) is 14.5 Å². The summed E-state index contributed by atoms with van der Waals surface area (Å²) in [6.45, 7) is 0.250. The zero-order valence-electron chi connectivity index (χ0n) is 9.81. The Morgan fingerprint density at radius 2 is 1.58 bits per heavy atom. The molecule has 0 atom stereocenters. The van der Waals surface area contributed by atoms with Gasteiger partial charge in [0.1, 0.15) is 0 Å². The zero-order chi connectivity index (χ0) is 13.9. The second-order valence-electron chi connectivity index (χ2n) is 3.87. The van der Waals surface area contributed by atoms with E-state index in [4.69, 9.17) is 0 Å². The summed E-state index contributed by atoms with van der Waals surface area (Å²) in [4.78, 5) is 0.253. The van der Waals surface area contributed by atoms with Crippen LogP contribution in [0.2, 0.25) is 0 Å². The zero-order valence-corrected chi connectivity index (χ0v) is 13.8. The van der Waals surface area contributed by atoms with Crippen LogP contribution in [-0.4, -0.2) is 8.42 Å². The predicted molar refractivity (Wildman–Crippen MR) is 82.3 cm³/mol. The van der Waals surface area contributed by atoms with Crippen LogP contribution in [0.5, 0.6) is 0 Å². The lowest BCUT2D eigenvalue weighted by atomic mass is 10.2. The molecule has 2 aromatic rings. The van der Waals surface area contributed by atoms with Crippen molar-refractivity contribution in [1.82, 2.24) is 4.72 Å². The lowest BCUT2D eigenvalue weighted by molar-refractivity contribution is 0.581. The van der Waals surface area contributed by atoms with Crippen molar-refractivity contribution in [3.8, 4) is 0 Å². The molecule has 19 heavy (non-hydrogen) atoms. The molecule has 3 nitrogen and oxygen atoms in total. The van der Waals surface area contributed by atoms with Gasteiger partial charge in [0.2, 0.25) is 10.0 Å². The Kier molecular flexibility index (Phi) is 4.78. The molecule has 0 aliphatic rings. The lowest BCUT2D eigenvalue weighted by Crippen LogP contribution is -2.23. The van der Waals surface area contributed by atoms with Gasteiger partial charge in [-0.2, -0.15) is 0 Å². The number of benzene rings is 2. The molecular weight excluding hydrogens is 394 g/mol. The summed E-state index contributed by atoms with van der Waals surface area (Å²) >= 11 is 6.66. The monoisotopic (exact) mass is 403 g/mol. The van der Waals surface area contributed by atoms with Crippen LogP contribution in [0.3, 0.4) is 0 Å². The number of rotatable bonds is 4. The van der Waals surface area contributed by atoms with Crippen LogP contribution in [0, 0.1) is 0 Å². The Hall–Kier alpha value is -0.690. The lowest BCUT2D eigenvalue weighted by Gasteiger charge is -2.08. The Bertz CT molecular complexity index is 669. The first-order valence-corrected chi connectivity index (χ1v) is 8.54. The van der Waals surface area contributed by atoms with Crippen LogP contribution in [-0.2, 0) is 16.6 Å². The average Bonchev–Trinajstić information content (AvgIpc) is 2.38. The Labute approximate surface area is 129 Å². The molecule has 0 saturated carbocycles. The fourth-order valence-corrected chi connectivity index (χ4v) is 3.21. The number of halogens is 2. The van der Waals surface area contributed by atoms with Crippen LogP contribution in [0.4, 0.5) is 0 Å². The quantitative estimate of drug-likeness (QED) is 0.844. The summed E-state index contributed by atoms with van der Waals surface area (Å²) in [6, 6.07) is 14.0.